The number of hydrogen-bond acceptors (Lipinski definition) is 7. The summed E-state index contributed by atoms with van der Waals surface area (Å²) in [5.74, 6) is 0.704. The summed E-state index contributed by atoms with van der Waals surface area (Å²) in [6, 6.07) is 20.9. The van der Waals surface area contributed by atoms with Gasteiger partial charge < -0.3 is 9.47 Å². The molecule has 1 aliphatic rings. The molecular formula is C27H18O4S3. The number of ether oxygens (including phenoxy) is 2. The number of hydrogen-bond donors (Lipinski definition) is 0. The molecule has 0 amide bonds. The van der Waals surface area contributed by atoms with E-state index >= 15 is 0 Å². The summed E-state index contributed by atoms with van der Waals surface area (Å²) in [5.41, 5.74) is 1.99. The summed E-state index contributed by atoms with van der Waals surface area (Å²) < 4.78 is 14.9. The fraction of sp³-hybridized carbons (Fsp3) is 0.111. The lowest BCUT2D eigenvalue weighted by Gasteiger charge is -2.28. The molecule has 0 N–H and O–H groups in total. The van der Waals surface area contributed by atoms with Crippen LogP contribution in [0.5, 0.6) is 11.5 Å². The van der Waals surface area contributed by atoms with Gasteiger partial charge in [-0.2, -0.15) is 0 Å². The molecule has 1 aliphatic heterocycles. The molecule has 0 saturated carbocycles. The molecule has 34 heavy (non-hydrogen) atoms. The van der Waals surface area contributed by atoms with Crippen molar-refractivity contribution in [2.45, 2.75) is 14.3 Å². The first kappa shape index (κ1) is 21.4. The molecule has 5 aromatic rings. The zero-order valence-electron chi connectivity index (χ0n) is 18.3. The third-order valence-corrected chi connectivity index (χ3v) is 9.89. The Morgan fingerprint density at radius 1 is 0.706 bits per heavy atom. The van der Waals surface area contributed by atoms with Gasteiger partial charge in [0.2, 0.25) is 0 Å². The Kier molecular flexibility index (Phi) is 5.21. The van der Waals surface area contributed by atoms with Crippen LogP contribution in [0.25, 0.3) is 20.2 Å². The number of rotatable bonds is 3. The van der Waals surface area contributed by atoms with Crippen LogP contribution in [0.4, 0.5) is 0 Å². The van der Waals surface area contributed by atoms with E-state index in [1.807, 2.05) is 60.7 Å². The molecule has 2 aromatic heterocycles. The smallest absolute Gasteiger partial charge is 0.193 e. The zero-order chi connectivity index (χ0) is 23.4. The van der Waals surface area contributed by atoms with Crippen molar-refractivity contribution in [3.05, 3.63) is 104 Å². The van der Waals surface area contributed by atoms with Crippen molar-refractivity contribution in [2.24, 2.45) is 0 Å². The number of benzene rings is 3. The minimum atomic E-state index is -0.534. The van der Waals surface area contributed by atoms with E-state index in [1.165, 1.54) is 11.8 Å². The second kappa shape index (κ2) is 8.27. The van der Waals surface area contributed by atoms with Crippen molar-refractivity contribution in [2.75, 3.05) is 14.2 Å². The van der Waals surface area contributed by atoms with Gasteiger partial charge in [-0.15, -0.1) is 22.7 Å². The average Bonchev–Trinajstić information content (AvgIpc) is 2.87. The second-order valence-electron chi connectivity index (χ2n) is 7.90. The standard InChI is InChI=1S/C27H18O4S3/c1-30-14-11-12-15(18(13-14)31-2)21-22-24(28)16-7-3-5-9-19(16)32-26(22)34-27-23(21)25(29)17-8-4-6-10-20(17)33-27/h3-13,21H,1-2H3. The van der Waals surface area contributed by atoms with Crippen LogP contribution in [-0.4, -0.2) is 14.2 Å². The highest BCUT2D eigenvalue weighted by Gasteiger charge is 2.36. The summed E-state index contributed by atoms with van der Waals surface area (Å²) >= 11 is 4.73. The molecule has 0 atom stereocenters. The van der Waals surface area contributed by atoms with Crippen LogP contribution in [0.2, 0.25) is 0 Å². The molecule has 0 fully saturated rings. The first-order valence-corrected chi connectivity index (χ1v) is 13.1. The third kappa shape index (κ3) is 3.19. The molecule has 3 heterocycles. The molecule has 0 spiro atoms. The molecule has 0 bridgehead atoms. The van der Waals surface area contributed by atoms with Crippen molar-refractivity contribution in [1.82, 2.24) is 0 Å². The van der Waals surface area contributed by atoms with Gasteiger partial charge in [-0.3, -0.25) is 9.59 Å². The monoisotopic (exact) mass is 502 g/mol. The van der Waals surface area contributed by atoms with E-state index in [0.29, 0.717) is 33.4 Å². The molecule has 0 radical (unpaired) electrons. The maximum Gasteiger partial charge on any atom is 0.193 e. The van der Waals surface area contributed by atoms with Crippen molar-refractivity contribution >= 4 is 54.6 Å². The van der Waals surface area contributed by atoms with Gasteiger partial charge in [0.25, 0.3) is 0 Å². The van der Waals surface area contributed by atoms with Crippen molar-refractivity contribution in [3.8, 4) is 11.5 Å². The average molecular weight is 503 g/mol. The molecule has 4 nitrogen and oxygen atoms in total. The summed E-state index contributed by atoms with van der Waals surface area (Å²) in [4.78, 5) is 27.8. The quantitative estimate of drug-likeness (QED) is 0.277. The van der Waals surface area contributed by atoms with Gasteiger partial charge >= 0.3 is 0 Å². The summed E-state index contributed by atoms with van der Waals surface area (Å²) in [6.07, 6.45) is 0. The van der Waals surface area contributed by atoms with E-state index in [1.54, 1.807) is 43.0 Å². The molecule has 7 heteroatoms. The maximum absolute atomic E-state index is 13.9. The van der Waals surface area contributed by atoms with Gasteiger partial charge in [0, 0.05) is 48.8 Å². The molecule has 0 saturated heterocycles. The zero-order valence-corrected chi connectivity index (χ0v) is 20.7. The van der Waals surface area contributed by atoms with Crippen LogP contribution < -0.4 is 20.3 Å². The van der Waals surface area contributed by atoms with Crippen molar-refractivity contribution in [1.29, 1.82) is 0 Å². The predicted molar refractivity (Wildman–Crippen MR) is 141 cm³/mol. The Balaban J connectivity index is 1.75. The fourth-order valence-electron chi connectivity index (χ4n) is 4.52. The Labute approximate surface area is 207 Å². The largest absolute Gasteiger partial charge is 0.497 e. The van der Waals surface area contributed by atoms with Gasteiger partial charge in [0.1, 0.15) is 11.5 Å². The van der Waals surface area contributed by atoms with Crippen molar-refractivity contribution in [3.63, 3.8) is 0 Å². The SMILES string of the molecule is COc1ccc(C2c3c(sc4ccccc4c3=O)Sc3sc4ccccc4c(=O)c32)c(OC)c1. The number of methoxy groups -OCH3 is 2. The topological polar surface area (TPSA) is 52.6 Å². The third-order valence-electron chi connectivity index (χ3n) is 6.11. The van der Waals surface area contributed by atoms with E-state index in [9.17, 15) is 9.59 Å². The lowest BCUT2D eigenvalue weighted by molar-refractivity contribution is 0.390. The van der Waals surface area contributed by atoms with Crippen LogP contribution in [-0.2, 0) is 0 Å². The summed E-state index contributed by atoms with van der Waals surface area (Å²) in [7, 11) is 3.20. The molecule has 168 valence electrons. The van der Waals surface area contributed by atoms with Crippen LogP contribution in [0, 0.1) is 0 Å². The summed E-state index contributed by atoms with van der Waals surface area (Å²) in [5, 5.41) is 1.34. The molecule has 0 unspecified atom stereocenters. The van der Waals surface area contributed by atoms with Gasteiger partial charge in [0.15, 0.2) is 10.9 Å². The molecule has 0 aliphatic carbocycles. The van der Waals surface area contributed by atoms with E-state index in [0.717, 1.165) is 23.4 Å². The van der Waals surface area contributed by atoms with E-state index < -0.39 is 5.92 Å². The second-order valence-corrected chi connectivity index (χ2v) is 11.5. The Hall–Kier alpha value is -3.13. The lowest BCUT2D eigenvalue weighted by Crippen LogP contribution is -2.25. The van der Waals surface area contributed by atoms with Gasteiger partial charge in [-0.25, -0.2) is 0 Å². The maximum atomic E-state index is 13.9. The van der Waals surface area contributed by atoms with E-state index in [-0.39, 0.29) is 10.9 Å². The van der Waals surface area contributed by atoms with Gasteiger partial charge in [-0.1, -0.05) is 42.1 Å². The highest BCUT2D eigenvalue weighted by molar-refractivity contribution is 8.03. The first-order chi connectivity index (χ1) is 16.6. The van der Waals surface area contributed by atoms with Gasteiger partial charge in [0.05, 0.1) is 22.6 Å². The Morgan fingerprint density at radius 2 is 1.26 bits per heavy atom. The van der Waals surface area contributed by atoms with Crippen LogP contribution in [0.15, 0.2) is 84.7 Å². The predicted octanol–water partition coefficient (Wildman–Crippen LogP) is 6.50. The highest BCUT2D eigenvalue weighted by Crippen LogP contribution is 2.52. The molecule has 3 aromatic carbocycles. The van der Waals surface area contributed by atoms with Crippen LogP contribution in [0.1, 0.15) is 22.6 Å². The van der Waals surface area contributed by atoms with E-state index in [2.05, 4.69) is 0 Å². The Morgan fingerprint density at radius 3 is 1.79 bits per heavy atom. The molecule has 6 rings (SSSR count). The normalized spacial score (nSPS) is 13.0. The van der Waals surface area contributed by atoms with E-state index in [4.69, 9.17) is 9.47 Å². The fourth-order valence-corrected chi connectivity index (χ4v) is 8.73. The minimum Gasteiger partial charge on any atom is -0.497 e. The lowest BCUT2D eigenvalue weighted by atomic mass is 9.85. The van der Waals surface area contributed by atoms with Crippen molar-refractivity contribution < 1.29 is 9.47 Å². The van der Waals surface area contributed by atoms with Crippen LogP contribution >= 0.6 is 34.4 Å². The van der Waals surface area contributed by atoms with Crippen LogP contribution in [0.3, 0.4) is 0 Å². The highest BCUT2D eigenvalue weighted by atomic mass is 32.2. The minimum absolute atomic E-state index is 0.0390. The van der Waals surface area contributed by atoms with Gasteiger partial charge in [-0.05, 0) is 30.3 Å². The first-order valence-electron chi connectivity index (χ1n) is 10.6. The number of fused-ring (bicyclic) bond motifs is 4. The Bertz CT molecular complexity index is 1620. The molecular weight excluding hydrogens is 484 g/mol. The summed E-state index contributed by atoms with van der Waals surface area (Å²) in [6.45, 7) is 0.